The van der Waals surface area contributed by atoms with E-state index < -0.39 is 0 Å². The predicted molar refractivity (Wildman–Crippen MR) is 124 cm³/mol. The number of benzene rings is 2. The molecular weight excluding hydrogens is 438 g/mol. The number of hydrogen-bond donors (Lipinski definition) is 1. The van der Waals surface area contributed by atoms with Gasteiger partial charge >= 0.3 is 0 Å². The van der Waals surface area contributed by atoms with E-state index in [2.05, 4.69) is 40.5 Å². The molecule has 2 aromatic carbocycles. The third kappa shape index (κ3) is 7.29. The van der Waals surface area contributed by atoms with Gasteiger partial charge in [-0.2, -0.15) is 0 Å². The third-order valence-corrected chi connectivity index (χ3v) is 5.29. The van der Waals surface area contributed by atoms with Gasteiger partial charge in [0.25, 0.3) is 0 Å². The van der Waals surface area contributed by atoms with Gasteiger partial charge in [-0.1, -0.05) is 53.5 Å². The topological polar surface area (TPSA) is 24.5 Å². The number of ether oxygens (including phenoxy) is 1. The summed E-state index contributed by atoms with van der Waals surface area (Å²) in [4.78, 5) is 2.52. The smallest absolute Gasteiger partial charge is 0.142 e. The molecule has 0 aromatic heterocycles. The van der Waals surface area contributed by atoms with E-state index in [0.717, 1.165) is 50.3 Å². The summed E-state index contributed by atoms with van der Waals surface area (Å²) < 4.78 is 5.71. The highest BCUT2D eigenvalue weighted by atomic mass is 35.5. The average molecular weight is 466 g/mol. The Hall–Kier alpha value is -0.680. The highest BCUT2D eigenvalue weighted by Gasteiger charge is 2.20. The summed E-state index contributed by atoms with van der Waals surface area (Å²) in [5.41, 5.74) is 2.41. The van der Waals surface area contributed by atoms with Crippen LogP contribution in [-0.4, -0.2) is 30.6 Å². The van der Waals surface area contributed by atoms with Gasteiger partial charge in [0, 0.05) is 29.7 Å². The Balaban J connectivity index is 0.00000196. The van der Waals surface area contributed by atoms with Crippen LogP contribution in [0.2, 0.25) is 10.0 Å². The van der Waals surface area contributed by atoms with Crippen LogP contribution >= 0.6 is 48.0 Å². The van der Waals surface area contributed by atoms with Gasteiger partial charge < -0.3 is 10.1 Å². The van der Waals surface area contributed by atoms with Crippen LogP contribution in [-0.2, 0) is 13.1 Å². The molecule has 156 valence electrons. The third-order valence-electron chi connectivity index (χ3n) is 4.79. The standard InChI is InChI=1S/C21H26Cl2N2O.2ClH/c1-2-26-21-17(12-18(22)13-20(21)23)14-24-19-8-10-25(11-9-19)15-16-6-4-3-5-7-16;;/h3-7,12-13,19,24H,2,8-11,14-15H2,1H3;2*1H. The fourth-order valence-electron chi connectivity index (χ4n) is 3.44. The van der Waals surface area contributed by atoms with Crippen LogP contribution in [0.15, 0.2) is 42.5 Å². The molecule has 0 aliphatic carbocycles. The van der Waals surface area contributed by atoms with E-state index in [-0.39, 0.29) is 24.8 Å². The van der Waals surface area contributed by atoms with Crippen molar-refractivity contribution in [2.45, 2.75) is 38.9 Å². The molecule has 3 rings (SSSR count). The molecule has 1 aliphatic rings. The summed E-state index contributed by atoms with van der Waals surface area (Å²) in [6.07, 6.45) is 2.29. The minimum absolute atomic E-state index is 0. The molecule has 7 heteroatoms. The van der Waals surface area contributed by atoms with Crippen molar-refractivity contribution >= 4 is 48.0 Å². The molecule has 1 saturated heterocycles. The lowest BCUT2D eigenvalue weighted by atomic mass is 10.0. The molecule has 0 saturated carbocycles. The quantitative estimate of drug-likeness (QED) is 0.543. The Bertz CT molecular complexity index is 707. The molecule has 3 nitrogen and oxygen atoms in total. The molecule has 1 aliphatic heterocycles. The van der Waals surface area contributed by atoms with Crippen molar-refractivity contribution in [3.05, 3.63) is 63.6 Å². The average Bonchev–Trinajstić information content (AvgIpc) is 2.64. The second kappa shape index (κ2) is 12.8. The number of rotatable bonds is 7. The van der Waals surface area contributed by atoms with Crippen LogP contribution in [0.25, 0.3) is 0 Å². The van der Waals surface area contributed by atoms with E-state index in [0.29, 0.717) is 22.7 Å². The maximum absolute atomic E-state index is 6.29. The zero-order valence-electron chi connectivity index (χ0n) is 16.0. The summed E-state index contributed by atoms with van der Waals surface area (Å²) >= 11 is 12.5. The van der Waals surface area contributed by atoms with Crippen molar-refractivity contribution in [1.29, 1.82) is 0 Å². The van der Waals surface area contributed by atoms with Crippen LogP contribution < -0.4 is 10.1 Å². The summed E-state index contributed by atoms with van der Waals surface area (Å²) in [6, 6.07) is 14.9. The maximum atomic E-state index is 6.29. The van der Waals surface area contributed by atoms with Gasteiger partial charge in [0.1, 0.15) is 5.75 Å². The first-order valence-electron chi connectivity index (χ1n) is 9.26. The van der Waals surface area contributed by atoms with Crippen molar-refractivity contribution in [2.75, 3.05) is 19.7 Å². The molecule has 0 radical (unpaired) electrons. The van der Waals surface area contributed by atoms with Crippen LogP contribution in [0.1, 0.15) is 30.9 Å². The van der Waals surface area contributed by atoms with E-state index in [1.165, 1.54) is 5.56 Å². The normalized spacial score (nSPS) is 14.8. The second-order valence-corrected chi connectivity index (χ2v) is 7.57. The first kappa shape index (κ1) is 25.4. The number of halogens is 4. The Labute approximate surface area is 190 Å². The minimum Gasteiger partial charge on any atom is -0.492 e. The van der Waals surface area contributed by atoms with Gasteiger partial charge in [0.05, 0.1) is 11.6 Å². The lowest BCUT2D eigenvalue weighted by molar-refractivity contribution is 0.190. The first-order chi connectivity index (χ1) is 12.7. The molecule has 0 amide bonds. The minimum atomic E-state index is 0. The van der Waals surface area contributed by atoms with E-state index >= 15 is 0 Å². The van der Waals surface area contributed by atoms with Gasteiger partial charge in [0.2, 0.25) is 0 Å². The highest BCUT2D eigenvalue weighted by molar-refractivity contribution is 6.35. The van der Waals surface area contributed by atoms with E-state index in [4.69, 9.17) is 27.9 Å². The summed E-state index contributed by atoms with van der Waals surface area (Å²) in [5.74, 6) is 0.743. The summed E-state index contributed by atoms with van der Waals surface area (Å²) in [5, 5.41) is 4.88. The van der Waals surface area contributed by atoms with Gasteiger partial charge in [-0.15, -0.1) is 24.8 Å². The zero-order valence-corrected chi connectivity index (χ0v) is 19.1. The van der Waals surface area contributed by atoms with Crippen molar-refractivity contribution in [3.8, 4) is 5.75 Å². The molecule has 1 fully saturated rings. The Kier molecular flexibility index (Phi) is 11.6. The number of piperidine rings is 1. The van der Waals surface area contributed by atoms with Crippen molar-refractivity contribution < 1.29 is 4.74 Å². The fraction of sp³-hybridized carbons (Fsp3) is 0.429. The number of nitrogens with one attached hydrogen (secondary N) is 1. The van der Waals surface area contributed by atoms with Crippen LogP contribution in [0.5, 0.6) is 5.75 Å². The molecule has 2 aromatic rings. The van der Waals surface area contributed by atoms with Crippen LogP contribution in [0.3, 0.4) is 0 Å². The first-order valence-corrected chi connectivity index (χ1v) is 10.0. The van der Waals surface area contributed by atoms with Crippen molar-refractivity contribution in [2.24, 2.45) is 0 Å². The lowest BCUT2D eigenvalue weighted by Crippen LogP contribution is -2.41. The molecule has 1 heterocycles. The van der Waals surface area contributed by atoms with Gasteiger partial charge in [-0.3, -0.25) is 4.90 Å². The Morgan fingerprint density at radius 2 is 1.75 bits per heavy atom. The van der Waals surface area contributed by atoms with Gasteiger partial charge in [0.15, 0.2) is 0 Å². The molecule has 0 bridgehead atoms. The Morgan fingerprint density at radius 3 is 2.39 bits per heavy atom. The second-order valence-electron chi connectivity index (χ2n) is 6.73. The number of nitrogens with zero attached hydrogens (tertiary/aromatic N) is 1. The maximum Gasteiger partial charge on any atom is 0.142 e. The fourth-order valence-corrected chi connectivity index (χ4v) is 4.03. The zero-order chi connectivity index (χ0) is 18.4. The van der Waals surface area contributed by atoms with Gasteiger partial charge in [-0.25, -0.2) is 0 Å². The van der Waals surface area contributed by atoms with Crippen LogP contribution in [0.4, 0.5) is 0 Å². The molecular formula is C21H28Cl4N2O. The highest BCUT2D eigenvalue weighted by Crippen LogP contribution is 2.32. The number of hydrogen-bond acceptors (Lipinski definition) is 3. The van der Waals surface area contributed by atoms with E-state index in [1.807, 2.05) is 13.0 Å². The van der Waals surface area contributed by atoms with Gasteiger partial charge in [-0.05, 0) is 50.6 Å². The predicted octanol–water partition coefficient (Wildman–Crippen LogP) is 5.99. The van der Waals surface area contributed by atoms with E-state index in [9.17, 15) is 0 Å². The Morgan fingerprint density at radius 1 is 1.07 bits per heavy atom. The van der Waals surface area contributed by atoms with Crippen molar-refractivity contribution in [3.63, 3.8) is 0 Å². The number of likely N-dealkylation sites (tertiary alicyclic amines) is 1. The van der Waals surface area contributed by atoms with Crippen LogP contribution in [0, 0.1) is 0 Å². The molecule has 0 unspecified atom stereocenters. The van der Waals surface area contributed by atoms with E-state index in [1.54, 1.807) is 6.07 Å². The molecule has 0 atom stereocenters. The molecule has 28 heavy (non-hydrogen) atoms. The summed E-state index contributed by atoms with van der Waals surface area (Å²) in [6.45, 7) is 6.53. The summed E-state index contributed by atoms with van der Waals surface area (Å²) in [7, 11) is 0. The van der Waals surface area contributed by atoms with Crippen molar-refractivity contribution in [1.82, 2.24) is 10.2 Å². The SMILES string of the molecule is CCOc1c(Cl)cc(Cl)cc1CNC1CCN(Cc2ccccc2)CC1.Cl.Cl. The molecule has 0 spiro atoms. The largest absolute Gasteiger partial charge is 0.492 e. The molecule has 1 N–H and O–H groups in total. The lowest BCUT2D eigenvalue weighted by Gasteiger charge is -2.32. The monoisotopic (exact) mass is 464 g/mol.